The van der Waals surface area contributed by atoms with Crippen LogP contribution in [0.3, 0.4) is 0 Å². The number of aryl methyl sites for hydroxylation is 1. The quantitative estimate of drug-likeness (QED) is 0.858. The fourth-order valence-electron chi connectivity index (χ4n) is 2.46. The SMILES string of the molecule is CCOC(=O)c1cc2n(n1)-c1cc(C)ccc1OCC2(C)O. The fourth-order valence-corrected chi connectivity index (χ4v) is 2.46. The van der Waals surface area contributed by atoms with Crippen molar-refractivity contribution >= 4 is 5.97 Å². The van der Waals surface area contributed by atoms with Crippen molar-refractivity contribution in [1.82, 2.24) is 9.78 Å². The van der Waals surface area contributed by atoms with Gasteiger partial charge in [0.15, 0.2) is 5.69 Å². The average molecular weight is 302 g/mol. The third-order valence-electron chi connectivity index (χ3n) is 3.60. The minimum atomic E-state index is -1.26. The van der Waals surface area contributed by atoms with Crippen molar-refractivity contribution in [2.75, 3.05) is 13.2 Å². The number of carbonyl (C=O) groups excluding carboxylic acids is 1. The summed E-state index contributed by atoms with van der Waals surface area (Å²) in [6, 6.07) is 7.22. The van der Waals surface area contributed by atoms with Crippen molar-refractivity contribution in [2.45, 2.75) is 26.4 Å². The number of nitrogens with zero attached hydrogens (tertiary/aromatic N) is 2. The molecule has 6 heteroatoms. The summed E-state index contributed by atoms with van der Waals surface area (Å²) in [6.07, 6.45) is 0. The van der Waals surface area contributed by atoms with E-state index in [2.05, 4.69) is 5.10 Å². The Bertz CT molecular complexity index is 734. The van der Waals surface area contributed by atoms with Crippen LogP contribution in [0.1, 0.15) is 35.6 Å². The number of esters is 1. The van der Waals surface area contributed by atoms with Crippen molar-refractivity contribution in [3.63, 3.8) is 0 Å². The van der Waals surface area contributed by atoms with Crippen molar-refractivity contribution in [1.29, 1.82) is 0 Å². The lowest BCUT2D eigenvalue weighted by Gasteiger charge is -2.20. The Morgan fingerprint density at radius 2 is 2.27 bits per heavy atom. The summed E-state index contributed by atoms with van der Waals surface area (Å²) in [6.45, 7) is 5.68. The molecule has 0 radical (unpaired) electrons. The molecular formula is C16H18N2O4. The molecular weight excluding hydrogens is 284 g/mol. The van der Waals surface area contributed by atoms with Crippen LogP contribution < -0.4 is 4.74 Å². The molecule has 0 saturated heterocycles. The van der Waals surface area contributed by atoms with E-state index in [9.17, 15) is 9.90 Å². The number of fused-ring (bicyclic) bond motifs is 3. The number of rotatable bonds is 2. The second-order valence-corrected chi connectivity index (χ2v) is 5.58. The maximum Gasteiger partial charge on any atom is 0.358 e. The van der Waals surface area contributed by atoms with E-state index in [1.807, 2.05) is 25.1 Å². The fraction of sp³-hybridized carbons (Fsp3) is 0.375. The van der Waals surface area contributed by atoms with E-state index in [1.54, 1.807) is 24.6 Å². The molecule has 3 rings (SSSR count). The van der Waals surface area contributed by atoms with Crippen molar-refractivity contribution in [3.05, 3.63) is 41.2 Å². The molecule has 0 amide bonds. The molecule has 1 atom stereocenters. The van der Waals surface area contributed by atoms with Gasteiger partial charge in [-0.2, -0.15) is 5.10 Å². The van der Waals surface area contributed by atoms with Gasteiger partial charge in [-0.3, -0.25) is 0 Å². The highest BCUT2D eigenvalue weighted by molar-refractivity contribution is 5.87. The third-order valence-corrected chi connectivity index (χ3v) is 3.60. The first kappa shape index (κ1) is 14.6. The van der Waals surface area contributed by atoms with Crippen LogP contribution in [0.2, 0.25) is 0 Å². The second-order valence-electron chi connectivity index (χ2n) is 5.58. The van der Waals surface area contributed by atoms with Crippen molar-refractivity contribution in [2.24, 2.45) is 0 Å². The zero-order valence-corrected chi connectivity index (χ0v) is 12.8. The van der Waals surface area contributed by atoms with Gasteiger partial charge in [0, 0.05) is 0 Å². The summed E-state index contributed by atoms with van der Waals surface area (Å²) in [5, 5.41) is 14.9. The molecule has 0 fully saturated rings. The Morgan fingerprint density at radius 3 is 3.00 bits per heavy atom. The summed E-state index contributed by atoms with van der Waals surface area (Å²) in [4.78, 5) is 11.9. The number of aliphatic hydroxyl groups is 1. The number of carbonyl (C=O) groups is 1. The zero-order valence-electron chi connectivity index (χ0n) is 12.8. The number of ether oxygens (including phenoxy) is 2. The highest BCUT2D eigenvalue weighted by Crippen LogP contribution is 2.34. The first-order valence-electron chi connectivity index (χ1n) is 7.16. The van der Waals surface area contributed by atoms with Crippen LogP contribution in [0.4, 0.5) is 0 Å². The molecule has 22 heavy (non-hydrogen) atoms. The largest absolute Gasteiger partial charge is 0.488 e. The Kier molecular flexibility index (Phi) is 3.41. The van der Waals surface area contributed by atoms with E-state index in [-0.39, 0.29) is 18.9 Å². The summed E-state index contributed by atoms with van der Waals surface area (Å²) in [5.41, 5.74) is 1.14. The normalized spacial score (nSPS) is 19.6. The molecule has 2 aromatic rings. The standard InChI is InChI=1S/C16H18N2O4/c1-4-21-15(19)11-8-14-16(3,20)9-22-13-6-5-10(2)7-12(13)18(14)17-11/h5-8,20H,4,9H2,1-3H3. The molecule has 116 valence electrons. The minimum Gasteiger partial charge on any atom is -0.488 e. The van der Waals surface area contributed by atoms with Gasteiger partial charge in [0.25, 0.3) is 0 Å². The van der Waals surface area contributed by atoms with Crippen molar-refractivity contribution in [3.8, 4) is 11.4 Å². The van der Waals surface area contributed by atoms with E-state index in [1.165, 1.54) is 0 Å². The molecule has 1 unspecified atom stereocenters. The van der Waals surface area contributed by atoms with Crippen LogP contribution in [0.5, 0.6) is 5.75 Å². The Morgan fingerprint density at radius 1 is 1.50 bits per heavy atom. The average Bonchev–Trinajstić information content (AvgIpc) is 2.88. The lowest BCUT2D eigenvalue weighted by Crippen LogP contribution is -2.30. The maximum atomic E-state index is 11.9. The van der Waals surface area contributed by atoms with Crippen LogP contribution in [0, 0.1) is 6.92 Å². The topological polar surface area (TPSA) is 73.6 Å². The van der Waals surface area contributed by atoms with E-state index < -0.39 is 11.6 Å². The van der Waals surface area contributed by atoms with Gasteiger partial charge in [-0.1, -0.05) is 6.07 Å². The van der Waals surface area contributed by atoms with Gasteiger partial charge in [0.2, 0.25) is 0 Å². The molecule has 1 aliphatic rings. The molecule has 1 aliphatic heterocycles. The van der Waals surface area contributed by atoms with Gasteiger partial charge in [-0.15, -0.1) is 0 Å². The summed E-state index contributed by atoms with van der Waals surface area (Å²) in [5.74, 6) is 0.108. The summed E-state index contributed by atoms with van der Waals surface area (Å²) < 4.78 is 12.2. The van der Waals surface area contributed by atoms with Gasteiger partial charge in [-0.05, 0) is 44.5 Å². The summed E-state index contributed by atoms with van der Waals surface area (Å²) >= 11 is 0. The molecule has 0 saturated carbocycles. The third kappa shape index (κ3) is 2.35. The van der Waals surface area contributed by atoms with E-state index in [0.717, 1.165) is 5.56 Å². The number of hydrogen-bond acceptors (Lipinski definition) is 5. The molecule has 0 spiro atoms. The van der Waals surface area contributed by atoms with Gasteiger partial charge in [0.1, 0.15) is 23.6 Å². The Hall–Kier alpha value is -2.34. The van der Waals surface area contributed by atoms with Gasteiger partial charge in [-0.25, -0.2) is 9.48 Å². The van der Waals surface area contributed by atoms with Crippen LogP contribution in [0.25, 0.3) is 5.69 Å². The van der Waals surface area contributed by atoms with Gasteiger partial charge in [0.05, 0.1) is 12.3 Å². The lowest BCUT2D eigenvalue weighted by atomic mass is 10.0. The first-order chi connectivity index (χ1) is 10.4. The zero-order chi connectivity index (χ0) is 15.9. The second kappa shape index (κ2) is 5.14. The Balaban J connectivity index is 2.19. The monoisotopic (exact) mass is 302 g/mol. The predicted molar refractivity (Wildman–Crippen MR) is 79.3 cm³/mol. The van der Waals surface area contributed by atoms with Crippen molar-refractivity contribution < 1.29 is 19.4 Å². The number of hydrogen-bond donors (Lipinski definition) is 1. The van der Waals surface area contributed by atoms with E-state index in [0.29, 0.717) is 17.1 Å². The number of benzene rings is 1. The molecule has 0 bridgehead atoms. The molecule has 1 aromatic heterocycles. The van der Waals surface area contributed by atoms with Crippen LogP contribution in [-0.4, -0.2) is 34.1 Å². The molecule has 2 heterocycles. The van der Waals surface area contributed by atoms with E-state index >= 15 is 0 Å². The number of aromatic nitrogens is 2. The molecule has 1 aromatic carbocycles. The van der Waals surface area contributed by atoms with Gasteiger partial charge < -0.3 is 14.6 Å². The molecule has 1 N–H and O–H groups in total. The summed E-state index contributed by atoms with van der Waals surface area (Å²) in [7, 11) is 0. The first-order valence-corrected chi connectivity index (χ1v) is 7.16. The lowest BCUT2D eigenvalue weighted by molar-refractivity contribution is 0.00607. The van der Waals surface area contributed by atoms with Gasteiger partial charge >= 0.3 is 5.97 Å². The van der Waals surface area contributed by atoms with Crippen LogP contribution in [0.15, 0.2) is 24.3 Å². The van der Waals surface area contributed by atoms with Crippen LogP contribution >= 0.6 is 0 Å². The molecule has 0 aliphatic carbocycles. The smallest absolute Gasteiger partial charge is 0.358 e. The highest BCUT2D eigenvalue weighted by atomic mass is 16.5. The highest BCUT2D eigenvalue weighted by Gasteiger charge is 2.35. The molecule has 6 nitrogen and oxygen atoms in total. The van der Waals surface area contributed by atoms with E-state index in [4.69, 9.17) is 9.47 Å². The minimum absolute atomic E-state index is 0.0804. The van der Waals surface area contributed by atoms with Crippen LogP contribution in [-0.2, 0) is 10.3 Å². The predicted octanol–water partition coefficient (Wildman–Crippen LogP) is 1.96. The Labute approximate surface area is 128 Å². The maximum absolute atomic E-state index is 11.9.